The molecule has 0 amide bonds. The Hall–Kier alpha value is -0.780. The molecule has 0 unspecified atom stereocenters. The molecule has 0 saturated carbocycles. The largest absolute Gasteiger partial charge is 0.481 e. The molecular weight excluding hydrogens is 223 g/mol. The first-order valence-corrected chi connectivity index (χ1v) is 5.22. The van der Waals surface area contributed by atoms with E-state index < -0.39 is 29.6 Å². The minimum atomic E-state index is -4.30. The van der Waals surface area contributed by atoms with Gasteiger partial charge < -0.3 is 10.4 Å². The van der Waals surface area contributed by atoms with E-state index in [1.54, 1.807) is 0 Å². The lowest BCUT2D eigenvalue weighted by Crippen LogP contribution is -2.57. The van der Waals surface area contributed by atoms with Crippen molar-refractivity contribution in [3.8, 4) is 0 Å². The monoisotopic (exact) mass is 239 g/mol. The maximum absolute atomic E-state index is 12.5. The van der Waals surface area contributed by atoms with Crippen molar-refractivity contribution in [1.29, 1.82) is 0 Å². The molecule has 1 heterocycles. The summed E-state index contributed by atoms with van der Waals surface area (Å²) < 4.78 is 37.5. The van der Waals surface area contributed by atoms with Gasteiger partial charge >= 0.3 is 12.1 Å². The third kappa shape index (κ3) is 2.66. The van der Waals surface area contributed by atoms with E-state index in [0.29, 0.717) is 12.8 Å². The summed E-state index contributed by atoms with van der Waals surface area (Å²) in [7, 11) is 0. The molecule has 16 heavy (non-hydrogen) atoms. The summed E-state index contributed by atoms with van der Waals surface area (Å²) in [5.41, 5.74) is -1.18. The van der Waals surface area contributed by atoms with E-state index in [0.717, 1.165) is 0 Å². The van der Waals surface area contributed by atoms with Crippen molar-refractivity contribution in [2.75, 3.05) is 0 Å². The summed E-state index contributed by atoms with van der Waals surface area (Å²) in [6, 6.07) is -2.21. The fourth-order valence-electron chi connectivity index (χ4n) is 1.91. The maximum atomic E-state index is 12.5. The molecule has 1 rings (SSSR count). The Labute approximate surface area is 92.0 Å². The van der Waals surface area contributed by atoms with Crippen LogP contribution in [-0.2, 0) is 4.79 Å². The third-order valence-electron chi connectivity index (χ3n) is 3.21. The smallest absolute Gasteiger partial charge is 0.403 e. The molecule has 1 aliphatic rings. The number of piperidine rings is 1. The highest BCUT2D eigenvalue weighted by Gasteiger charge is 2.47. The number of nitrogens with one attached hydrogen (secondary N) is 1. The van der Waals surface area contributed by atoms with Crippen LogP contribution < -0.4 is 5.32 Å². The van der Waals surface area contributed by atoms with Gasteiger partial charge in [0.15, 0.2) is 0 Å². The van der Waals surface area contributed by atoms with E-state index in [2.05, 4.69) is 5.32 Å². The molecule has 0 aliphatic carbocycles. The summed E-state index contributed by atoms with van der Waals surface area (Å²) in [5.74, 6) is -1.08. The average molecular weight is 239 g/mol. The third-order valence-corrected chi connectivity index (χ3v) is 3.21. The number of hydrogen-bond acceptors (Lipinski definition) is 2. The number of carboxylic acids is 1. The molecule has 0 spiro atoms. The van der Waals surface area contributed by atoms with Crippen LogP contribution >= 0.6 is 0 Å². The van der Waals surface area contributed by atoms with Crippen LogP contribution in [0.5, 0.6) is 0 Å². The van der Waals surface area contributed by atoms with Crippen LogP contribution in [0.15, 0.2) is 0 Å². The molecule has 94 valence electrons. The Morgan fingerprint density at radius 3 is 2.19 bits per heavy atom. The molecule has 1 fully saturated rings. The highest BCUT2D eigenvalue weighted by molar-refractivity contribution is 5.74. The molecule has 2 atom stereocenters. The zero-order valence-electron chi connectivity index (χ0n) is 9.27. The molecule has 0 aromatic rings. The zero-order valence-corrected chi connectivity index (χ0v) is 9.27. The van der Waals surface area contributed by atoms with Gasteiger partial charge in [0.2, 0.25) is 0 Å². The number of hydrogen-bond donors (Lipinski definition) is 2. The molecule has 0 aromatic carbocycles. The minimum Gasteiger partial charge on any atom is -0.481 e. The van der Waals surface area contributed by atoms with Gasteiger partial charge in [-0.25, -0.2) is 0 Å². The average Bonchev–Trinajstić information content (AvgIpc) is 2.16. The molecule has 6 heteroatoms. The van der Waals surface area contributed by atoms with E-state index in [1.807, 2.05) is 0 Å². The molecule has 0 aromatic heterocycles. The second-order valence-electron chi connectivity index (χ2n) is 4.77. The predicted octanol–water partition coefficient (Wildman–Crippen LogP) is 2.17. The van der Waals surface area contributed by atoms with Crippen molar-refractivity contribution in [1.82, 2.24) is 5.32 Å². The standard InChI is InChI=1S/C10H16F3NO2/c1-9(2,8(15)16)6-4-3-5-7(14-6)10(11,12)13/h6-7,14H,3-5H2,1-2H3,(H,15,16)/t6-,7-/m0/s1. The van der Waals surface area contributed by atoms with Crippen molar-refractivity contribution < 1.29 is 23.1 Å². The SMILES string of the molecule is CC(C)(C(=O)O)[C@@H]1CCC[C@@H](C(F)(F)F)N1. The number of carboxylic acid groups (broad SMARTS) is 1. The van der Waals surface area contributed by atoms with E-state index in [-0.39, 0.29) is 6.42 Å². The lowest BCUT2D eigenvalue weighted by atomic mass is 9.79. The van der Waals surface area contributed by atoms with Gasteiger partial charge in [-0.15, -0.1) is 0 Å². The lowest BCUT2D eigenvalue weighted by Gasteiger charge is -2.39. The predicted molar refractivity (Wildman–Crippen MR) is 52.0 cm³/mol. The van der Waals surface area contributed by atoms with Gasteiger partial charge in [-0.3, -0.25) is 4.79 Å². The number of aliphatic carboxylic acids is 1. The lowest BCUT2D eigenvalue weighted by molar-refractivity contribution is -0.170. The van der Waals surface area contributed by atoms with Crippen LogP contribution in [0.1, 0.15) is 33.1 Å². The van der Waals surface area contributed by atoms with Gasteiger partial charge in [-0.1, -0.05) is 0 Å². The Morgan fingerprint density at radius 2 is 1.75 bits per heavy atom. The van der Waals surface area contributed by atoms with Crippen LogP contribution in [0.4, 0.5) is 13.2 Å². The minimum absolute atomic E-state index is 0.0235. The van der Waals surface area contributed by atoms with Crippen molar-refractivity contribution in [3.05, 3.63) is 0 Å². The van der Waals surface area contributed by atoms with Crippen LogP contribution in [0, 0.1) is 5.41 Å². The molecule has 3 nitrogen and oxygen atoms in total. The topological polar surface area (TPSA) is 49.3 Å². The van der Waals surface area contributed by atoms with Crippen molar-refractivity contribution in [2.24, 2.45) is 5.41 Å². The van der Waals surface area contributed by atoms with E-state index in [9.17, 15) is 18.0 Å². The first-order chi connectivity index (χ1) is 7.15. The van der Waals surface area contributed by atoms with Gasteiger partial charge in [0.25, 0.3) is 0 Å². The number of halogens is 3. The van der Waals surface area contributed by atoms with Gasteiger partial charge in [0, 0.05) is 6.04 Å². The Bertz CT molecular complexity index is 276. The van der Waals surface area contributed by atoms with Gasteiger partial charge in [-0.05, 0) is 33.1 Å². The quantitative estimate of drug-likeness (QED) is 0.776. The highest BCUT2D eigenvalue weighted by atomic mass is 19.4. The zero-order chi connectivity index (χ0) is 12.6. The second-order valence-corrected chi connectivity index (χ2v) is 4.77. The molecule has 1 aliphatic heterocycles. The van der Waals surface area contributed by atoms with Gasteiger partial charge in [-0.2, -0.15) is 13.2 Å². The van der Waals surface area contributed by atoms with Gasteiger partial charge in [0.1, 0.15) is 6.04 Å². The molecule has 0 radical (unpaired) electrons. The second kappa shape index (κ2) is 4.24. The molecule has 0 bridgehead atoms. The summed E-state index contributed by atoms with van der Waals surface area (Å²) in [6.45, 7) is 2.90. The maximum Gasteiger partial charge on any atom is 0.403 e. The van der Waals surface area contributed by atoms with Crippen molar-refractivity contribution in [3.63, 3.8) is 0 Å². The van der Waals surface area contributed by atoms with Gasteiger partial charge in [0.05, 0.1) is 5.41 Å². The first-order valence-electron chi connectivity index (χ1n) is 5.22. The Kier molecular flexibility index (Phi) is 3.52. The number of carbonyl (C=O) groups is 1. The van der Waals surface area contributed by atoms with E-state index in [4.69, 9.17) is 5.11 Å². The summed E-state index contributed by atoms with van der Waals surface area (Å²) in [6.07, 6.45) is -3.41. The normalized spacial score (nSPS) is 27.8. The first kappa shape index (κ1) is 13.3. The fourth-order valence-corrected chi connectivity index (χ4v) is 1.91. The van der Waals surface area contributed by atoms with Crippen LogP contribution in [-0.4, -0.2) is 29.3 Å². The highest BCUT2D eigenvalue weighted by Crippen LogP contribution is 2.33. The van der Waals surface area contributed by atoms with Crippen molar-refractivity contribution >= 4 is 5.97 Å². The van der Waals surface area contributed by atoms with Crippen LogP contribution in [0.3, 0.4) is 0 Å². The molecule has 2 N–H and O–H groups in total. The number of rotatable bonds is 2. The fraction of sp³-hybridized carbons (Fsp3) is 0.900. The van der Waals surface area contributed by atoms with Crippen molar-refractivity contribution in [2.45, 2.75) is 51.4 Å². The molecular formula is C10H16F3NO2. The van der Waals surface area contributed by atoms with Crippen LogP contribution in [0.25, 0.3) is 0 Å². The van der Waals surface area contributed by atoms with E-state index >= 15 is 0 Å². The Morgan fingerprint density at radius 1 is 1.25 bits per heavy atom. The number of alkyl halides is 3. The summed E-state index contributed by atoms with van der Waals surface area (Å²) >= 11 is 0. The molecule has 1 saturated heterocycles. The van der Waals surface area contributed by atoms with E-state index in [1.165, 1.54) is 13.8 Å². The summed E-state index contributed by atoms with van der Waals surface area (Å²) in [4.78, 5) is 11.0. The summed E-state index contributed by atoms with van der Waals surface area (Å²) in [5, 5.41) is 11.4. The van der Waals surface area contributed by atoms with Crippen LogP contribution in [0.2, 0.25) is 0 Å². The Balaban J connectivity index is 2.75.